The first-order chi connectivity index (χ1) is 12.8. The number of anilines is 1. The van der Waals surface area contributed by atoms with Crippen LogP contribution in [0.3, 0.4) is 0 Å². The Labute approximate surface area is 158 Å². The van der Waals surface area contributed by atoms with Gasteiger partial charge in [-0.15, -0.1) is 0 Å². The van der Waals surface area contributed by atoms with Gasteiger partial charge in [0.1, 0.15) is 0 Å². The first-order valence-electron chi connectivity index (χ1n) is 8.99. The molecule has 0 unspecified atom stereocenters. The zero-order chi connectivity index (χ0) is 19.6. The molecule has 2 heterocycles. The average molecular weight is 364 g/mol. The molecule has 3 rings (SSSR count). The molecule has 0 fully saturated rings. The molecule has 27 heavy (non-hydrogen) atoms. The molecule has 0 bridgehead atoms. The van der Waals surface area contributed by atoms with Crippen LogP contribution in [0.1, 0.15) is 54.4 Å². The van der Waals surface area contributed by atoms with Crippen molar-refractivity contribution >= 4 is 23.0 Å². The standard InChI is InChI=1S/C21H24N4O2/c1-5-14-10-6-7-11-15(14)22-20(27)18-23-17(19(26)24-21(2,3)4)16-12-8-9-13-25(16)18/h6-13H,5H2,1-4H3,(H,22,27)(H,24,26). The van der Waals surface area contributed by atoms with Crippen LogP contribution in [-0.2, 0) is 6.42 Å². The van der Waals surface area contributed by atoms with E-state index in [4.69, 9.17) is 0 Å². The average Bonchev–Trinajstić information content (AvgIpc) is 3.01. The van der Waals surface area contributed by atoms with Crippen molar-refractivity contribution in [3.05, 3.63) is 65.7 Å². The Kier molecular flexibility index (Phi) is 4.99. The highest BCUT2D eigenvalue weighted by atomic mass is 16.2. The van der Waals surface area contributed by atoms with Crippen molar-refractivity contribution in [2.75, 3.05) is 5.32 Å². The van der Waals surface area contributed by atoms with Crippen molar-refractivity contribution < 1.29 is 9.59 Å². The summed E-state index contributed by atoms with van der Waals surface area (Å²) in [6.07, 6.45) is 2.54. The van der Waals surface area contributed by atoms with Gasteiger partial charge in [0.2, 0.25) is 5.82 Å². The molecule has 0 spiro atoms. The predicted molar refractivity (Wildman–Crippen MR) is 106 cm³/mol. The monoisotopic (exact) mass is 364 g/mol. The summed E-state index contributed by atoms with van der Waals surface area (Å²) in [4.78, 5) is 29.9. The van der Waals surface area contributed by atoms with Gasteiger partial charge in [-0.3, -0.25) is 14.0 Å². The number of imidazole rings is 1. The Balaban J connectivity index is 2.00. The summed E-state index contributed by atoms with van der Waals surface area (Å²) in [5, 5.41) is 5.82. The second kappa shape index (κ2) is 7.23. The summed E-state index contributed by atoms with van der Waals surface area (Å²) in [5.74, 6) is -0.485. The third-order valence-electron chi connectivity index (χ3n) is 4.10. The fraction of sp³-hybridized carbons (Fsp3) is 0.286. The molecule has 6 heteroatoms. The summed E-state index contributed by atoms with van der Waals surface area (Å²) >= 11 is 0. The van der Waals surface area contributed by atoms with E-state index in [0.717, 1.165) is 17.7 Å². The van der Waals surface area contributed by atoms with Gasteiger partial charge in [-0.05, 0) is 51.0 Å². The molecule has 0 radical (unpaired) electrons. The van der Waals surface area contributed by atoms with Crippen LogP contribution >= 0.6 is 0 Å². The van der Waals surface area contributed by atoms with Gasteiger partial charge in [-0.1, -0.05) is 31.2 Å². The lowest BCUT2D eigenvalue weighted by Crippen LogP contribution is -2.40. The van der Waals surface area contributed by atoms with E-state index >= 15 is 0 Å². The molecule has 2 amide bonds. The number of amides is 2. The number of nitrogens with zero attached hydrogens (tertiary/aromatic N) is 2. The molecule has 0 saturated heterocycles. The topological polar surface area (TPSA) is 75.5 Å². The second-order valence-corrected chi connectivity index (χ2v) is 7.41. The van der Waals surface area contributed by atoms with E-state index < -0.39 is 5.54 Å². The van der Waals surface area contributed by atoms with Crippen LogP contribution < -0.4 is 10.6 Å². The van der Waals surface area contributed by atoms with Crippen molar-refractivity contribution in [2.24, 2.45) is 0 Å². The summed E-state index contributed by atoms with van der Waals surface area (Å²) in [6, 6.07) is 13.0. The van der Waals surface area contributed by atoms with Crippen molar-refractivity contribution in [3.8, 4) is 0 Å². The second-order valence-electron chi connectivity index (χ2n) is 7.41. The minimum Gasteiger partial charge on any atom is -0.346 e. The number of aromatic nitrogens is 2. The largest absolute Gasteiger partial charge is 0.346 e. The lowest BCUT2D eigenvalue weighted by molar-refractivity contribution is 0.0916. The summed E-state index contributed by atoms with van der Waals surface area (Å²) in [5.41, 5.74) is 2.22. The smallest absolute Gasteiger partial charge is 0.292 e. The van der Waals surface area contributed by atoms with Crippen molar-refractivity contribution in [1.82, 2.24) is 14.7 Å². The number of hydrogen-bond acceptors (Lipinski definition) is 3. The minimum absolute atomic E-state index is 0.176. The predicted octanol–water partition coefficient (Wildman–Crippen LogP) is 3.68. The molecule has 140 valence electrons. The van der Waals surface area contributed by atoms with E-state index in [1.54, 1.807) is 22.7 Å². The molecule has 0 aliphatic carbocycles. The number of rotatable bonds is 4. The van der Waals surface area contributed by atoms with E-state index in [-0.39, 0.29) is 23.3 Å². The number of fused-ring (bicyclic) bond motifs is 1. The van der Waals surface area contributed by atoms with E-state index in [2.05, 4.69) is 15.6 Å². The summed E-state index contributed by atoms with van der Waals surface area (Å²) < 4.78 is 1.64. The third-order valence-corrected chi connectivity index (χ3v) is 4.10. The highest BCUT2D eigenvalue weighted by molar-refractivity contribution is 6.06. The molecular weight excluding hydrogens is 340 g/mol. The van der Waals surface area contributed by atoms with Crippen LogP contribution in [0.2, 0.25) is 0 Å². The Morgan fingerprint density at radius 3 is 2.44 bits per heavy atom. The Bertz CT molecular complexity index is 999. The maximum absolute atomic E-state index is 12.9. The maximum Gasteiger partial charge on any atom is 0.292 e. The third kappa shape index (κ3) is 4.00. The van der Waals surface area contributed by atoms with Gasteiger partial charge >= 0.3 is 0 Å². The van der Waals surface area contributed by atoms with Gasteiger partial charge in [0.25, 0.3) is 11.8 Å². The lowest BCUT2D eigenvalue weighted by atomic mass is 10.1. The zero-order valence-corrected chi connectivity index (χ0v) is 16.0. The van der Waals surface area contributed by atoms with Gasteiger partial charge in [-0.25, -0.2) is 4.98 Å². The van der Waals surface area contributed by atoms with Crippen molar-refractivity contribution in [2.45, 2.75) is 39.7 Å². The van der Waals surface area contributed by atoms with Crippen LogP contribution in [0.25, 0.3) is 5.52 Å². The highest BCUT2D eigenvalue weighted by Crippen LogP contribution is 2.19. The molecule has 2 N–H and O–H groups in total. The van der Waals surface area contributed by atoms with Gasteiger partial charge in [-0.2, -0.15) is 0 Å². The number of hydrogen-bond donors (Lipinski definition) is 2. The Hall–Kier alpha value is -3.15. The van der Waals surface area contributed by atoms with Gasteiger partial charge in [0.05, 0.1) is 5.52 Å². The fourth-order valence-electron chi connectivity index (χ4n) is 2.89. The SMILES string of the molecule is CCc1ccccc1NC(=O)c1nc(C(=O)NC(C)(C)C)c2ccccn12. The summed E-state index contributed by atoms with van der Waals surface area (Å²) in [6.45, 7) is 7.74. The maximum atomic E-state index is 12.9. The molecule has 6 nitrogen and oxygen atoms in total. The van der Waals surface area contributed by atoms with Gasteiger partial charge in [0, 0.05) is 17.4 Å². The number of carbonyl (C=O) groups excluding carboxylic acids is 2. The number of aryl methyl sites for hydroxylation is 1. The molecule has 2 aromatic heterocycles. The van der Waals surface area contributed by atoms with Crippen LogP contribution in [-0.4, -0.2) is 26.7 Å². The number of pyridine rings is 1. The lowest BCUT2D eigenvalue weighted by Gasteiger charge is -2.19. The Morgan fingerprint density at radius 2 is 1.74 bits per heavy atom. The first-order valence-corrected chi connectivity index (χ1v) is 8.99. The molecule has 1 aromatic carbocycles. The number of para-hydroxylation sites is 1. The summed E-state index contributed by atoms with van der Waals surface area (Å²) in [7, 11) is 0. The highest BCUT2D eigenvalue weighted by Gasteiger charge is 2.24. The normalized spacial score (nSPS) is 11.4. The Morgan fingerprint density at radius 1 is 1.04 bits per heavy atom. The van der Waals surface area contributed by atoms with E-state index in [1.165, 1.54) is 0 Å². The minimum atomic E-state index is -0.399. The van der Waals surface area contributed by atoms with Crippen LogP contribution in [0.5, 0.6) is 0 Å². The molecule has 0 atom stereocenters. The number of nitrogens with one attached hydrogen (secondary N) is 2. The zero-order valence-electron chi connectivity index (χ0n) is 16.0. The van der Waals surface area contributed by atoms with E-state index in [0.29, 0.717) is 5.52 Å². The molecule has 0 aliphatic heterocycles. The molecular formula is C21H24N4O2. The van der Waals surface area contributed by atoms with Crippen molar-refractivity contribution in [1.29, 1.82) is 0 Å². The number of carbonyl (C=O) groups is 2. The van der Waals surface area contributed by atoms with Gasteiger partial charge in [0.15, 0.2) is 5.69 Å². The fourth-order valence-corrected chi connectivity index (χ4v) is 2.89. The molecule has 0 aliphatic rings. The molecule has 0 saturated carbocycles. The van der Waals surface area contributed by atoms with Crippen molar-refractivity contribution in [3.63, 3.8) is 0 Å². The van der Waals surface area contributed by atoms with Crippen LogP contribution in [0, 0.1) is 0 Å². The quantitative estimate of drug-likeness (QED) is 0.741. The first kappa shape index (κ1) is 18.6. The van der Waals surface area contributed by atoms with Crippen LogP contribution in [0.15, 0.2) is 48.7 Å². The number of benzene rings is 1. The van der Waals surface area contributed by atoms with Gasteiger partial charge < -0.3 is 10.6 Å². The van der Waals surface area contributed by atoms with E-state index in [1.807, 2.05) is 58.0 Å². The van der Waals surface area contributed by atoms with E-state index in [9.17, 15) is 9.59 Å². The molecule has 3 aromatic rings. The van der Waals surface area contributed by atoms with Crippen LogP contribution in [0.4, 0.5) is 5.69 Å².